The van der Waals surface area contributed by atoms with Crippen molar-refractivity contribution in [2.24, 2.45) is 5.41 Å². The number of hydroxylamine groups is 2. The Morgan fingerprint density at radius 3 is 2.17 bits per heavy atom. The molecule has 0 unspecified atom stereocenters. The number of nitrogens with zero attached hydrogens (tertiary/aromatic N) is 2. The molecule has 0 atom stereocenters. The van der Waals surface area contributed by atoms with Crippen LogP contribution in [0.1, 0.15) is 40.0 Å². The van der Waals surface area contributed by atoms with Crippen molar-refractivity contribution in [2.45, 2.75) is 45.6 Å². The summed E-state index contributed by atoms with van der Waals surface area (Å²) in [7, 11) is 0. The van der Waals surface area contributed by atoms with Crippen molar-refractivity contribution in [3.05, 3.63) is 0 Å². The van der Waals surface area contributed by atoms with Gasteiger partial charge in [-0.15, -0.1) is 0 Å². The smallest absolute Gasteiger partial charge is 0.410 e. The minimum Gasteiger partial charge on any atom is -0.444 e. The average molecular weight is 256 g/mol. The van der Waals surface area contributed by atoms with E-state index in [1.54, 1.807) is 4.90 Å². The fourth-order valence-corrected chi connectivity index (χ4v) is 2.81. The summed E-state index contributed by atoms with van der Waals surface area (Å²) in [5.41, 5.74) is -0.214. The van der Waals surface area contributed by atoms with Crippen molar-refractivity contribution in [1.29, 1.82) is 0 Å². The highest BCUT2D eigenvalue weighted by Gasteiger charge is 2.41. The fraction of sp³-hybridized carbons (Fsp3) is 0.923. The Labute approximate surface area is 109 Å². The molecule has 2 aliphatic rings. The van der Waals surface area contributed by atoms with Gasteiger partial charge in [0.1, 0.15) is 5.60 Å². The second-order valence-corrected chi connectivity index (χ2v) is 6.61. The molecular formula is C13H24N2O3. The lowest BCUT2D eigenvalue weighted by Crippen LogP contribution is -2.45. The molecule has 0 bridgehead atoms. The molecule has 0 aliphatic carbocycles. The molecule has 1 spiro atoms. The number of likely N-dealkylation sites (tertiary alicyclic amines) is 1. The summed E-state index contributed by atoms with van der Waals surface area (Å²) in [4.78, 5) is 13.7. The van der Waals surface area contributed by atoms with E-state index in [1.165, 1.54) is 5.06 Å². The number of rotatable bonds is 0. The first kappa shape index (κ1) is 13.6. The highest BCUT2D eigenvalue weighted by Crippen LogP contribution is 2.39. The SMILES string of the molecule is CC(C)(C)OC(=O)N1CCC2(CCN(O)C2)CC1. The summed E-state index contributed by atoms with van der Waals surface area (Å²) < 4.78 is 5.38. The monoisotopic (exact) mass is 256 g/mol. The summed E-state index contributed by atoms with van der Waals surface area (Å²) in [5.74, 6) is 0. The Balaban J connectivity index is 1.85. The first-order chi connectivity index (χ1) is 8.30. The van der Waals surface area contributed by atoms with Crippen molar-refractivity contribution < 1.29 is 14.7 Å². The largest absolute Gasteiger partial charge is 0.444 e. The van der Waals surface area contributed by atoms with Gasteiger partial charge in [0.15, 0.2) is 0 Å². The number of amides is 1. The number of hydrogen-bond donors (Lipinski definition) is 1. The van der Waals surface area contributed by atoms with Gasteiger partial charge in [0.25, 0.3) is 0 Å². The van der Waals surface area contributed by atoms with Gasteiger partial charge < -0.3 is 14.8 Å². The molecule has 0 aromatic carbocycles. The standard InChI is InChI=1S/C13H24N2O3/c1-12(2,3)18-11(16)14-7-4-13(5-8-14)6-9-15(17)10-13/h17H,4-10H2,1-3H3. The van der Waals surface area contributed by atoms with Gasteiger partial charge in [-0.2, -0.15) is 5.06 Å². The van der Waals surface area contributed by atoms with Crippen molar-refractivity contribution in [2.75, 3.05) is 26.2 Å². The zero-order chi connectivity index (χ0) is 13.4. The van der Waals surface area contributed by atoms with Crippen LogP contribution in [0.15, 0.2) is 0 Å². The number of ether oxygens (including phenoxy) is 1. The topological polar surface area (TPSA) is 53.0 Å². The van der Waals surface area contributed by atoms with Gasteiger partial charge in [-0.05, 0) is 45.4 Å². The molecule has 0 aromatic heterocycles. The molecule has 2 aliphatic heterocycles. The maximum Gasteiger partial charge on any atom is 0.410 e. The van der Waals surface area contributed by atoms with Crippen LogP contribution in [-0.4, -0.2) is 53.0 Å². The first-order valence-electron chi connectivity index (χ1n) is 6.72. The van der Waals surface area contributed by atoms with E-state index in [1.807, 2.05) is 20.8 Å². The van der Waals surface area contributed by atoms with Crippen molar-refractivity contribution >= 4 is 6.09 Å². The molecule has 1 N–H and O–H groups in total. The summed E-state index contributed by atoms with van der Waals surface area (Å²) in [6.07, 6.45) is 2.74. The predicted molar refractivity (Wildman–Crippen MR) is 67.5 cm³/mol. The highest BCUT2D eigenvalue weighted by molar-refractivity contribution is 5.68. The van der Waals surface area contributed by atoms with Crippen LogP contribution in [0, 0.1) is 5.41 Å². The zero-order valence-corrected chi connectivity index (χ0v) is 11.6. The average Bonchev–Trinajstić information content (AvgIpc) is 2.58. The van der Waals surface area contributed by atoms with E-state index in [0.717, 1.165) is 45.4 Å². The Bertz CT molecular complexity index is 317. The van der Waals surface area contributed by atoms with Gasteiger partial charge in [0.2, 0.25) is 0 Å². The van der Waals surface area contributed by atoms with Crippen molar-refractivity contribution in [1.82, 2.24) is 9.96 Å². The lowest BCUT2D eigenvalue weighted by Gasteiger charge is -2.39. The second kappa shape index (κ2) is 4.70. The van der Waals surface area contributed by atoms with Gasteiger partial charge >= 0.3 is 6.09 Å². The number of carbonyl (C=O) groups excluding carboxylic acids is 1. The Kier molecular flexibility index (Phi) is 3.56. The van der Waals surface area contributed by atoms with E-state index < -0.39 is 5.60 Å². The molecule has 2 heterocycles. The van der Waals surface area contributed by atoms with Gasteiger partial charge in [-0.3, -0.25) is 0 Å². The third-order valence-corrected chi connectivity index (χ3v) is 3.89. The predicted octanol–water partition coefficient (Wildman–Crippen LogP) is 2.10. The van der Waals surface area contributed by atoms with Crippen molar-refractivity contribution in [3.8, 4) is 0 Å². The summed E-state index contributed by atoms with van der Waals surface area (Å²) >= 11 is 0. The van der Waals surface area contributed by atoms with Crippen LogP contribution in [0.4, 0.5) is 4.79 Å². The van der Waals surface area contributed by atoms with E-state index in [0.29, 0.717) is 0 Å². The normalized spacial score (nSPS) is 24.6. The first-order valence-corrected chi connectivity index (χ1v) is 6.72. The summed E-state index contributed by atoms with van der Waals surface area (Å²) in [5, 5.41) is 10.9. The Morgan fingerprint density at radius 1 is 1.17 bits per heavy atom. The minimum atomic E-state index is -0.429. The molecule has 104 valence electrons. The molecular weight excluding hydrogens is 232 g/mol. The Morgan fingerprint density at radius 2 is 1.72 bits per heavy atom. The Hall–Kier alpha value is -0.810. The zero-order valence-electron chi connectivity index (χ0n) is 11.6. The molecule has 0 aromatic rings. The molecule has 1 amide bonds. The minimum absolute atomic E-state index is 0.212. The van der Waals surface area contributed by atoms with Crippen LogP contribution in [0.2, 0.25) is 0 Å². The third kappa shape index (κ3) is 3.14. The fourth-order valence-electron chi connectivity index (χ4n) is 2.81. The van der Waals surface area contributed by atoms with Crippen molar-refractivity contribution in [3.63, 3.8) is 0 Å². The van der Waals surface area contributed by atoms with E-state index in [9.17, 15) is 10.0 Å². The van der Waals surface area contributed by atoms with E-state index in [2.05, 4.69) is 0 Å². The maximum atomic E-state index is 11.9. The van der Waals surface area contributed by atoms with Gasteiger partial charge in [0.05, 0.1) is 0 Å². The molecule has 2 saturated heterocycles. The van der Waals surface area contributed by atoms with E-state index >= 15 is 0 Å². The van der Waals surface area contributed by atoms with Crippen LogP contribution >= 0.6 is 0 Å². The molecule has 0 radical (unpaired) electrons. The second-order valence-electron chi connectivity index (χ2n) is 6.61. The number of hydrogen-bond acceptors (Lipinski definition) is 4. The highest BCUT2D eigenvalue weighted by atomic mass is 16.6. The van der Waals surface area contributed by atoms with Crippen LogP contribution in [0.25, 0.3) is 0 Å². The van der Waals surface area contributed by atoms with Gasteiger partial charge in [0, 0.05) is 26.2 Å². The molecule has 2 rings (SSSR count). The van der Waals surface area contributed by atoms with Crippen LogP contribution in [0.5, 0.6) is 0 Å². The quantitative estimate of drug-likeness (QED) is 0.721. The van der Waals surface area contributed by atoms with Crippen LogP contribution < -0.4 is 0 Å². The van der Waals surface area contributed by atoms with E-state index in [-0.39, 0.29) is 11.5 Å². The van der Waals surface area contributed by atoms with Crippen LogP contribution in [-0.2, 0) is 4.74 Å². The number of piperidine rings is 1. The summed E-state index contributed by atoms with van der Waals surface area (Å²) in [6.45, 7) is 8.64. The molecule has 0 saturated carbocycles. The third-order valence-electron chi connectivity index (χ3n) is 3.89. The van der Waals surface area contributed by atoms with Crippen LogP contribution in [0.3, 0.4) is 0 Å². The summed E-state index contributed by atoms with van der Waals surface area (Å²) in [6, 6.07) is 0. The van der Waals surface area contributed by atoms with Gasteiger partial charge in [-0.25, -0.2) is 4.79 Å². The lowest BCUT2D eigenvalue weighted by molar-refractivity contribution is -0.0814. The number of carbonyl (C=O) groups is 1. The molecule has 2 fully saturated rings. The lowest BCUT2D eigenvalue weighted by atomic mass is 9.78. The maximum absolute atomic E-state index is 11.9. The molecule has 5 nitrogen and oxygen atoms in total. The molecule has 18 heavy (non-hydrogen) atoms. The molecule has 5 heteroatoms. The van der Waals surface area contributed by atoms with Gasteiger partial charge in [-0.1, -0.05) is 0 Å². The van der Waals surface area contributed by atoms with E-state index in [4.69, 9.17) is 4.74 Å².